The zero-order valence-electron chi connectivity index (χ0n) is 26.5. The molecule has 46 heavy (non-hydrogen) atoms. The highest BCUT2D eigenvalue weighted by Gasteiger charge is 2.44. The Bertz CT molecular complexity index is 1560. The lowest BCUT2D eigenvalue weighted by atomic mass is 9.68. The second-order valence-electron chi connectivity index (χ2n) is 13.3. The Morgan fingerprint density at radius 2 is 1.91 bits per heavy atom. The number of aliphatic hydroxyl groups is 1. The molecule has 0 radical (unpaired) electrons. The summed E-state index contributed by atoms with van der Waals surface area (Å²) in [5.74, 6) is 1.05. The van der Waals surface area contributed by atoms with Gasteiger partial charge < -0.3 is 14.7 Å². The van der Waals surface area contributed by atoms with E-state index in [0.717, 1.165) is 61.7 Å². The first-order valence-electron chi connectivity index (χ1n) is 16.3. The number of aromatic nitrogens is 2. The first kappa shape index (κ1) is 32.7. The highest BCUT2D eigenvalue weighted by Crippen LogP contribution is 2.46. The number of nitrogens with zero attached hydrogens (tertiary/aromatic N) is 3. The number of carbonyl (C=O) groups excluding carboxylic acids is 1. The van der Waals surface area contributed by atoms with E-state index in [2.05, 4.69) is 32.0 Å². The second kappa shape index (κ2) is 14.2. The smallest absolute Gasteiger partial charge is 0.263 e. The Hall–Kier alpha value is -3.27. The molecule has 3 aromatic rings. The van der Waals surface area contributed by atoms with E-state index in [-0.39, 0.29) is 28.4 Å². The second-order valence-corrected chi connectivity index (χ2v) is 15.2. The van der Waals surface area contributed by atoms with Crippen LogP contribution < -0.4 is 14.4 Å². The van der Waals surface area contributed by atoms with Crippen LogP contribution >= 0.6 is 11.6 Å². The van der Waals surface area contributed by atoms with Crippen LogP contribution in [0.25, 0.3) is 0 Å². The molecule has 2 N–H and O–H groups in total. The van der Waals surface area contributed by atoms with Crippen LogP contribution in [0.15, 0.2) is 73.1 Å². The highest BCUT2D eigenvalue weighted by atomic mass is 35.5. The lowest BCUT2D eigenvalue weighted by molar-refractivity contribution is 0.0456. The number of aryl methyl sites for hydroxylation is 1. The topological polar surface area (TPSA) is 105 Å². The molecule has 244 valence electrons. The van der Waals surface area contributed by atoms with Gasteiger partial charge in [-0.25, -0.2) is 4.21 Å². The molecule has 6 unspecified atom stereocenters. The Kier molecular flexibility index (Phi) is 10.1. The molecule has 3 heterocycles. The Morgan fingerprint density at radius 1 is 1.11 bits per heavy atom. The summed E-state index contributed by atoms with van der Waals surface area (Å²) in [6.07, 6.45) is 12.6. The maximum atomic E-state index is 13.3. The number of nitrogens with one attached hydrogen (secondary N) is 1. The minimum absolute atomic E-state index is 0.0926. The van der Waals surface area contributed by atoms with Gasteiger partial charge in [0, 0.05) is 41.5 Å². The highest BCUT2D eigenvalue weighted by molar-refractivity contribution is 7.84. The predicted molar refractivity (Wildman–Crippen MR) is 182 cm³/mol. The summed E-state index contributed by atoms with van der Waals surface area (Å²) in [7, 11) is -1.53. The molecule has 8 nitrogen and oxygen atoms in total. The fourth-order valence-electron chi connectivity index (χ4n) is 7.28. The van der Waals surface area contributed by atoms with E-state index in [1.54, 1.807) is 18.5 Å². The molecule has 7 atom stereocenters. The molecule has 2 aromatic carbocycles. The minimum atomic E-state index is -1.53. The molecule has 2 bridgehead atoms. The fourth-order valence-corrected chi connectivity index (χ4v) is 8.50. The number of aliphatic hydroxyl groups excluding tert-OH is 1. The zero-order valence-corrected chi connectivity index (χ0v) is 28.1. The van der Waals surface area contributed by atoms with Crippen LogP contribution in [0.4, 0.5) is 5.69 Å². The first-order valence-corrected chi connectivity index (χ1v) is 17.9. The van der Waals surface area contributed by atoms with E-state index >= 15 is 0 Å². The third-order valence-electron chi connectivity index (χ3n) is 10.3. The van der Waals surface area contributed by atoms with E-state index in [1.165, 1.54) is 11.1 Å². The number of anilines is 1. The summed E-state index contributed by atoms with van der Waals surface area (Å²) in [6.45, 7) is 6.02. The molecule has 1 aromatic heterocycles. The first-order chi connectivity index (χ1) is 22.2. The zero-order chi connectivity index (χ0) is 32.3. The molecule has 10 heteroatoms. The van der Waals surface area contributed by atoms with Gasteiger partial charge in [0.05, 0.1) is 23.6 Å². The van der Waals surface area contributed by atoms with E-state index in [4.69, 9.17) is 16.3 Å². The van der Waals surface area contributed by atoms with Gasteiger partial charge in [-0.3, -0.25) is 9.52 Å². The predicted octanol–water partition coefficient (Wildman–Crippen LogP) is 6.05. The molecule has 1 saturated carbocycles. The van der Waals surface area contributed by atoms with Crippen molar-refractivity contribution in [1.29, 1.82) is 0 Å². The molecular formula is C36H43ClN4O4S. The van der Waals surface area contributed by atoms with Gasteiger partial charge in [-0.15, -0.1) is 0 Å². The van der Waals surface area contributed by atoms with Crippen molar-refractivity contribution in [3.63, 3.8) is 0 Å². The van der Waals surface area contributed by atoms with Gasteiger partial charge in [0.25, 0.3) is 5.91 Å². The van der Waals surface area contributed by atoms with Crippen LogP contribution in [0.2, 0.25) is 5.02 Å². The average Bonchev–Trinajstić information content (AvgIpc) is 3.20. The van der Waals surface area contributed by atoms with Crippen molar-refractivity contribution in [1.82, 2.24) is 14.9 Å². The largest absolute Gasteiger partial charge is 0.490 e. The fraction of sp³-hybridized carbons (Fsp3) is 0.472. The number of allylic oxidation sites excluding steroid dienone is 1. The number of benzene rings is 2. The van der Waals surface area contributed by atoms with Gasteiger partial charge in [0.1, 0.15) is 16.7 Å². The van der Waals surface area contributed by atoms with Crippen molar-refractivity contribution >= 4 is 34.2 Å². The Balaban J connectivity index is 0.000000557. The van der Waals surface area contributed by atoms with Crippen molar-refractivity contribution in [3.8, 4) is 5.75 Å². The number of rotatable bonds is 0. The van der Waals surface area contributed by atoms with Crippen LogP contribution in [-0.4, -0.2) is 56.5 Å². The van der Waals surface area contributed by atoms with Gasteiger partial charge in [-0.1, -0.05) is 36.7 Å². The van der Waals surface area contributed by atoms with E-state index in [1.807, 2.05) is 56.3 Å². The summed E-state index contributed by atoms with van der Waals surface area (Å²) >= 11 is 6.39. The Labute approximate surface area is 279 Å². The van der Waals surface area contributed by atoms with Crippen LogP contribution in [-0.2, 0) is 22.8 Å². The lowest BCUT2D eigenvalue weighted by Crippen LogP contribution is -2.49. The summed E-state index contributed by atoms with van der Waals surface area (Å²) in [4.78, 5) is 15.7. The maximum Gasteiger partial charge on any atom is 0.263 e. The van der Waals surface area contributed by atoms with E-state index < -0.39 is 17.1 Å². The third-order valence-corrected chi connectivity index (χ3v) is 12.1. The van der Waals surface area contributed by atoms with Gasteiger partial charge in [0.15, 0.2) is 0 Å². The van der Waals surface area contributed by atoms with Crippen molar-refractivity contribution in [2.24, 2.45) is 17.8 Å². The number of ether oxygens (including phenoxy) is 1. The SMILES string of the molecule is CC1C/C=C/C(O)C2CCC2CN2C[C@@]3(CCCc4cc(Cl)ccc43)COc3ccc(cc32)C(=O)NS(=O)C1C.c1ccnnc1. The van der Waals surface area contributed by atoms with Crippen LogP contribution in [0.3, 0.4) is 0 Å². The van der Waals surface area contributed by atoms with Gasteiger partial charge in [-0.2, -0.15) is 10.2 Å². The van der Waals surface area contributed by atoms with Crippen LogP contribution in [0.5, 0.6) is 5.75 Å². The van der Waals surface area contributed by atoms with Crippen molar-refractivity contribution in [3.05, 3.63) is 94.8 Å². The van der Waals surface area contributed by atoms with Gasteiger partial charge in [0.2, 0.25) is 0 Å². The third kappa shape index (κ3) is 7.02. The molecule has 1 spiro atoms. The molecule has 1 fully saturated rings. The Morgan fingerprint density at radius 3 is 2.63 bits per heavy atom. The van der Waals surface area contributed by atoms with Crippen molar-refractivity contribution < 1.29 is 18.8 Å². The lowest BCUT2D eigenvalue weighted by Gasteiger charge is -2.45. The normalized spacial score (nSPS) is 31.4. The van der Waals surface area contributed by atoms with Gasteiger partial charge >= 0.3 is 0 Å². The van der Waals surface area contributed by atoms with Crippen LogP contribution in [0, 0.1) is 17.8 Å². The number of hydrogen-bond acceptors (Lipinski definition) is 7. The van der Waals surface area contributed by atoms with E-state index in [9.17, 15) is 14.1 Å². The molecule has 2 aliphatic carbocycles. The quantitative estimate of drug-likeness (QED) is 0.282. The standard InChI is InChI=1S/C32H39ClN2O4S.C4H4N2/c1-20-5-3-7-29(36)26-11-8-24(26)17-35-18-32(14-4-6-22-15-25(33)10-12-27(22)32)19-39-30-13-9-23(16-28(30)35)31(37)34-40(38)21(20)2;1-2-4-6-5-3-1/h3,7,9-10,12-13,15-16,20-21,24,26,29,36H,4-6,8,11,14,17-19H2,1-2H3,(H,34,37);1-4H/b7-3+;/t20?,21?,24?,26?,29?,32-,40?;/m0./s1. The van der Waals surface area contributed by atoms with Crippen LogP contribution in [0.1, 0.15) is 67.4 Å². The van der Waals surface area contributed by atoms with Gasteiger partial charge in [-0.05, 0) is 117 Å². The summed E-state index contributed by atoms with van der Waals surface area (Å²) in [5.41, 5.74) is 3.75. The molecular weight excluding hydrogens is 620 g/mol. The molecule has 7 rings (SSSR count). The summed E-state index contributed by atoms with van der Waals surface area (Å²) in [6, 6.07) is 15.5. The maximum absolute atomic E-state index is 13.3. The summed E-state index contributed by atoms with van der Waals surface area (Å²) < 4.78 is 22.3. The van der Waals surface area contributed by atoms with E-state index in [0.29, 0.717) is 24.5 Å². The monoisotopic (exact) mass is 662 g/mol. The minimum Gasteiger partial charge on any atom is -0.490 e. The summed E-state index contributed by atoms with van der Waals surface area (Å²) in [5, 5.41) is 18.7. The van der Waals surface area contributed by atoms with Crippen molar-refractivity contribution in [2.75, 3.05) is 24.6 Å². The van der Waals surface area contributed by atoms with Crippen molar-refractivity contribution in [2.45, 2.75) is 69.1 Å². The number of amides is 1. The average molecular weight is 663 g/mol. The number of hydrogen-bond donors (Lipinski definition) is 2. The molecule has 2 aliphatic heterocycles. The molecule has 0 saturated heterocycles. The number of fused-ring (bicyclic) bond motifs is 4. The number of carbonyl (C=O) groups is 1. The number of halogens is 1. The molecule has 4 aliphatic rings. The molecule has 1 amide bonds.